The molecule has 0 saturated carbocycles. The van der Waals surface area contributed by atoms with Crippen LogP contribution in [0.1, 0.15) is 0 Å². The monoisotopic (exact) mass is 290 g/mol. The summed E-state index contributed by atoms with van der Waals surface area (Å²) in [6, 6.07) is 0. The first-order chi connectivity index (χ1) is 8.95. The summed E-state index contributed by atoms with van der Waals surface area (Å²) in [5.41, 5.74) is 7.02. The van der Waals surface area contributed by atoms with E-state index in [1.807, 2.05) is 0 Å². The van der Waals surface area contributed by atoms with Gasteiger partial charge in [-0.2, -0.15) is 0 Å². The van der Waals surface area contributed by atoms with E-state index in [9.17, 15) is 13.2 Å². The number of carbonyl (C=O) groups is 1. The minimum atomic E-state index is -3.73. The van der Waals surface area contributed by atoms with Gasteiger partial charge in [-0.3, -0.25) is 10.2 Å². The summed E-state index contributed by atoms with van der Waals surface area (Å²) in [7, 11) is -3.73. The van der Waals surface area contributed by atoms with Gasteiger partial charge in [0, 0.05) is 6.54 Å². The van der Waals surface area contributed by atoms with Crippen LogP contribution in [0.4, 0.5) is 5.95 Å². The van der Waals surface area contributed by atoms with E-state index in [0.717, 1.165) is 12.4 Å². The summed E-state index contributed by atoms with van der Waals surface area (Å²) >= 11 is 0. The number of nitrogens with two attached hydrogens (primary N) is 2. The molecule has 0 radical (unpaired) electrons. The molecule has 1 rings (SSSR count). The van der Waals surface area contributed by atoms with Gasteiger partial charge in [0.15, 0.2) is 0 Å². The molecule has 10 nitrogen and oxygen atoms in total. The number of hydrogen-bond acceptors (Lipinski definition) is 8. The maximum Gasteiger partial charge on any atom is 0.243 e. The van der Waals surface area contributed by atoms with Gasteiger partial charge < -0.3 is 10.5 Å². The Morgan fingerprint density at radius 1 is 1.37 bits per heavy atom. The number of primary amides is 1. The second kappa shape index (κ2) is 6.94. The number of sulfonamides is 1. The molecule has 0 aliphatic rings. The van der Waals surface area contributed by atoms with Gasteiger partial charge in [-0.05, 0) is 0 Å². The van der Waals surface area contributed by atoms with Gasteiger partial charge in [0.1, 0.15) is 11.5 Å². The third-order valence-electron chi connectivity index (χ3n) is 1.85. The van der Waals surface area contributed by atoms with Crippen molar-refractivity contribution in [2.24, 2.45) is 11.6 Å². The molecule has 1 heterocycles. The normalized spacial score (nSPS) is 11.2. The molecule has 106 valence electrons. The number of hydrazine groups is 1. The molecule has 0 spiro atoms. The van der Waals surface area contributed by atoms with Gasteiger partial charge in [-0.15, -0.1) is 0 Å². The lowest BCUT2D eigenvalue weighted by Crippen LogP contribution is -2.29. The molecule has 0 atom stereocenters. The van der Waals surface area contributed by atoms with Crippen LogP contribution in [0.2, 0.25) is 0 Å². The van der Waals surface area contributed by atoms with Crippen LogP contribution < -0.4 is 21.7 Å². The Kier molecular flexibility index (Phi) is 5.57. The van der Waals surface area contributed by atoms with E-state index in [0.29, 0.717) is 0 Å². The zero-order valence-electron chi connectivity index (χ0n) is 9.87. The molecule has 1 amide bonds. The highest BCUT2D eigenvalue weighted by Crippen LogP contribution is 2.06. The van der Waals surface area contributed by atoms with Crippen molar-refractivity contribution in [3.8, 4) is 0 Å². The fourth-order valence-electron chi connectivity index (χ4n) is 1.03. The third-order valence-corrected chi connectivity index (χ3v) is 3.27. The smallest absolute Gasteiger partial charge is 0.243 e. The molecule has 0 unspecified atom stereocenters. The Morgan fingerprint density at radius 2 is 2.00 bits per heavy atom. The number of anilines is 1. The number of carbonyl (C=O) groups excluding carboxylic acids is 1. The summed E-state index contributed by atoms with van der Waals surface area (Å²) in [4.78, 5) is 17.6. The molecule has 0 aliphatic heterocycles. The largest absolute Gasteiger partial charge is 0.370 e. The molecule has 1 aromatic rings. The van der Waals surface area contributed by atoms with Gasteiger partial charge in [0.25, 0.3) is 0 Å². The number of nitrogens with one attached hydrogen (secondary N) is 2. The predicted octanol–water partition coefficient (Wildman–Crippen LogP) is -2.46. The van der Waals surface area contributed by atoms with E-state index >= 15 is 0 Å². The molecule has 0 aliphatic carbocycles. The van der Waals surface area contributed by atoms with Crippen LogP contribution in [-0.4, -0.2) is 44.1 Å². The summed E-state index contributed by atoms with van der Waals surface area (Å²) in [6.07, 6.45) is 2.21. The average Bonchev–Trinajstić information content (AvgIpc) is 2.38. The van der Waals surface area contributed by atoms with E-state index in [1.165, 1.54) is 0 Å². The molecule has 0 aromatic carbocycles. The second-order valence-corrected chi connectivity index (χ2v) is 5.07. The van der Waals surface area contributed by atoms with Crippen molar-refractivity contribution < 1.29 is 17.9 Å². The quantitative estimate of drug-likeness (QED) is 0.233. The number of nitrogens with zero attached hydrogens (tertiary/aromatic N) is 2. The maximum atomic E-state index is 11.7. The number of nitrogen functional groups attached to an aromatic ring is 1. The van der Waals surface area contributed by atoms with Crippen molar-refractivity contribution in [2.75, 3.05) is 25.2 Å². The zero-order chi connectivity index (χ0) is 14.3. The average molecular weight is 290 g/mol. The predicted molar refractivity (Wildman–Crippen MR) is 65.0 cm³/mol. The van der Waals surface area contributed by atoms with Crippen molar-refractivity contribution in [3.05, 3.63) is 12.4 Å². The van der Waals surface area contributed by atoms with Crippen LogP contribution in [0.15, 0.2) is 17.3 Å². The lowest BCUT2D eigenvalue weighted by Gasteiger charge is -2.06. The summed E-state index contributed by atoms with van der Waals surface area (Å²) < 4.78 is 30.5. The first-order valence-electron chi connectivity index (χ1n) is 5.10. The van der Waals surface area contributed by atoms with Crippen molar-refractivity contribution in [3.63, 3.8) is 0 Å². The Balaban J connectivity index is 2.48. The molecular formula is C8H14N6O4S. The number of amides is 1. The molecule has 6 N–H and O–H groups in total. The highest BCUT2D eigenvalue weighted by Gasteiger charge is 2.14. The topological polar surface area (TPSA) is 162 Å². The van der Waals surface area contributed by atoms with Crippen LogP contribution in [0.3, 0.4) is 0 Å². The number of ether oxygens (including phenoxy) is 1. The minimum absolute atomic E-state index is 0.00744. The van der Waals surface area contributed by atoms with Gasteiger partial charge >= 0.3 is 0 Å². The third kappa shape index (κ3) is 5.13. The van der Waals surface area contributed by atoms with E-state index < -0.39 is 15.9 Å². The lowest BCUT2D eigenvalue weighted by molar-refractivity contribution is -0.122. The van der Waals surface area contributed by atoms with Crippen LogP contribution in [-0.2, 0) is 19.6 Å². The molecule has 1 aromatic heterocycles. The Bertz CT molecular complexity index is 517. The van der Waals surface area contributed by atoms with E-state index in [2.05, 4.69) is 20.1 Å². The fraction of sp³-hybridized carbons (Fsp3) is 0.375. The van der Waals surface area contributed by atoms with E-state index in [4.69, 9.17) is 16.3 Å². The first-order valence-corrected chi connectivity index (χ1v) is 6.58. The summed E-state index contributed by atoms with van der Waals surface area (Å²) in [5.74, 6) is 4.53. The summed E-state index contributed by atoms with van der Waals surface area (Å²) in [5, 5.41) is 0. The number of aromatic nitrogens is 2. The Morgan fingerprint density at radius 3 is 2.53 bits per heavy atom. The second-order valence-electron chi connectivity index (χ2n) is 3.30. The maximum absolute atomic E-state index is 11.7. The highest BCUT2D eigenvalue weighted by molar-refractivity contribution is 7.89. The Hall–Kier alpha value is -1.82. The van der Waals surface area contributed by atoms with Gasteiger partial charge in [0.2, 0.25) is 21.9 Å². The van der Waals surface area contributed by atoms with Crippen molar-refractivity contribution in [1.82, 2.24) is 14.7 Å². The van der Waals surface area contributed by atoms with Crippen molar-refractivity contribution >= 4 is 21.9 Å². The van der Waals surface area contributed by atoms with Gasteiger partial charge in [-0.1, -0.05) is 0 Å². The van der Waals surface area contributed by atoms with Crippen LogP contribution >= 0.6 is 0 Å². The standard InChI is InChI=1S/C8H14N6O4S/c9-7(15)5-18-2-1-13-19(16,17)6-3-11-8(14-10)12-4-6/h3-4,13H,1-2,5,10H2,(H2,9,15)(H,11,12,14). The Labute approximate surface area is 109 Å². The van der Waals surface area contributed by atoms with Crippen molar-refractivity contribution in [1.29, 1.82) is 0 Å². The molecular weight excluding hydrogens is 276 g/mol. The first kappa shape index (κ1) is 15.2. The van der Waals surface area contributed by atoms with Crippen LogP contribution in [0, 0.1) is 0 Å². The van der Waals surface area contributed by atoms with Crippen LogP contribution in [0.25, 0.3) is 0 Å². The van der Waals surface area contributed by atoms with E-state index in [-0.39, 0.29) is 30.6 Å². The lowest BCUT2D eigenvalue weighted by atomic mass is 10.6. The van der Waals surface area contributed by atoms with Crippen molar-refractivity contribution in [2.45, 2.75) is 4.90 Å². The SMILES string of the molecule is NNc1ncc(S(=O)(=O)NCCOCC(N)=O)cn1. The molecule has 0 fully saturated rings. The van der Waals surface area contributed by atoms with Gasteiger partial charge in [0.05, 0.1) is 19.0 Å². The van der Waals surface area contributed by atoms with Crippen LogP contribution in [0.5, 0.6) is 0 Å². The number of rotatable bonds is 8. The zero-order valence-corrected chi connectivity index (χ0v) is 10.7. The summed E-state index contributed by atoms with van der Waals surface area (Å²) in [6.45, 7) is -0.250. The van der Waals surface area contributed by atoms with E-state index in [1.54, 1.807) is 0 Å². The van der Waals surface area contributed by atoms with Gasteiger partial charge in [-0.25, -0.2) is 29.0 Å². The number of hydrogen-bond donors (Lipinski definition) is 4. The minimum Gasteiger partial charge on any atom is -0.370 e. The molecule has 19 heavy (non-hydrogen) atoms. The highest BCUT2D eigenvalue weighted by atomic mass is 32.2. The molecule has 0 saturated heterocycles. The molecule has 11 heteroatoms. The molecule has 0 bridgehead atoms. The fourth-order valence-corrected chi connectivity index (χ4v) is 1.94.